The molecule has 0 spiro atoms. The van der Waals surface area contributed by atoms with Crippen LogP contribution in [0.25, 0.3) is 6.08 Å². The van der Waals surface area contributed by atoms with Crippen LogP contribution < -0.4 is 0 Å². The van der Waals surface area contributed by atoms with E-state index < -0.39 is 6.10 Å². The molecule has 88 valence electrons. The molecular weight excluding hydrogens is 212 g/mol. The highest BCUT2D eigenvalue weighted by molar-refractivity contribution is 5.49. The molecule has 3 nitrogen and oxygen atoms in total. The second-order valence-electron chi connectivity index (χ2n) is 3.93. The predicted octanol–water partition coefficient (Wildman–Crippen LogP) is 2.35. The summed E-state index contributed by atoms with van der Waals surface area (Å²) in [5, 5.41) is 9.79. The van der Waals surface area contributed by atoms with Gasteiger partial charge in [-0.3, -0.25) is 0 Å². The van der Waals surface area contributed by atoms with Crippen LogP contribution in [0, 0.1) is 0 Å². The van der Waals surface area contributed by atoms with Crippen molar-refractivity contribution in [3.8, 4) is 0 Å². The standard InChI is InChI=1S/C14H16N2O/c17-14(8-10-16-11-9-15-12-16)7-6-13-4-2-1-3-5-13/h1-7,9,11-12,14,17H,8,10H2/b7-6+. The summed E-state index contributed by atoms with van der Waals surface area (Å²) < 4.78 is 1.96. The number of benzene rings is 1. The first-order valence-electron chi connectivity index (χ1n) is 5.71. The van der Waals surface area contributed by atoms with Crippen LogP contribution in [-0.4, -0.2) is 20.8 Å². The number of aliphatic hydroxyl groups excluding tert-OH is 1. The first-order valence-corrected chi connectivity index (χ1v) is 5.71. The highest BCUT2D eigenvalue weighted by Crippen LogP contribution is 2.04. The molecule has 0 saturated carbocycles. The maximum atomic E-state index is 9.79. The molecule has 3 heteroatoms. The summed E-state index contributed by atoms with van der Waals surface area (Å²) >= 11 is 0. The fourth-order valence-corrected chi connectivity index (χ4v) is 1.58. The van der Waals surface area contributed by atoms with Crippen molar-refractivity contribution in [2.45, 2.75) is 19.1 Å². The maximum Gasteiger partial charge on any atom is 0.0945 e. The van der Waals surface area contributed by atoms with Gasteiger partial charge in [0.05, 0.1) is 12.4 Å². The molecule has 0 radical (unpaired) electrons. The Hall–Kier alpha value is -1.87. The van der Waals surface area contributed by atoms with Crippen LogP contribution in [0.4, 0.5) is 0 Å². The molecule has 0 amide bonds. The molecule has 0 aliphatic heterocycles. The van der Waals surface area contributed by atoms with Gasteiger partial charge < -0.3 is 9.67 Å². The van der Waals surface area contributed by atoms with Gasteiger partial charge in [-0.25, -0.2) is 4.98 Å². The van der Waals surface area contributed by atoms with E-state index in [4.69, 9.17) is 0 Å². The van der Waals surface area contributed by atoms with Gasteiger partial charge in [0.2, 0.25) is 0 Å². The minimum atomic E-state index is -0.419. The number of imidazole rings is 1. The zero-order valence-electron chi connectivity index (χ0n) is 9.61. The zero-order chi connectivity index (χ0) is 11.9. The van der Waals surface area contributed by atoms with Gasteiger partial charge in [-0.15, -0.1) is 0 Å². The molecule has 1 aromatic carbocycles. The lowest BCUT2D eigenvalue weighted by Gasteiger charge is -2.05. The van der Waals surface area contributed by atoms with E-state index in [0.29, 0.717) is 6.42 Å². The molecule has 1 unspecified atom stereocenters. The largest absolute Gasteiger partial charge is 0.389 e. The third-order valence-electron chi connectivity index (χ3n) is 2.55. The first kappa shape index (κ1) is 11.6. The van der Waals surface area contributed by atoms with E-state index in [0.717, 1.165) is 12.1 Å². The highest BCUT2D eigenvalue weighted by atomic mass is 16.3. The smallest absolute Gasteiger partial charge is 0.0945 e. The summed E-state index contributed by atoms with van der Waals surface area (Å²) in [6, 6.07) is 9.97. The molecule has 1 atom stereocenters. The van der Waals surface area contributed by atoms with Crippen molar-refractivity contribution in [3.05, 3.63) is 60.7 Å². The molecule has 2 aromatic rings. The van der Waals surface area contributed by atoms with E-state index in [1.165, 1.54) is 0 Å². The summed E-state index contributed by atoms with van der Waals surface area (Å²) in [5.41, 5.74) is 1.11. The van der Waals surface area contributed by atoms with Crippen LogP contribution in [0.15, 0.2) is 55.1 Å². The molecule has 1 heterocycles. The van der Waals surface area contributed by atoms with E-state index in [-0.39, 0.29) is 0 Å². The molecule has 0 bridgehead atoms. The summed E-state index contributed by atoms with van der Waals surface area (Å²) in [7, 11) is 0. The number of aromatic nitrogens is 2. The summed E-state index contributed by atoms with van der Waals surface area (Å²) in [6.07, 6.45) is 9.44. The van der Waals surface area contributed by atoms with Gasteiger partial charge >= 0.3 is 0 Å². The topological polar surface area (TPSA) is 38.0 Å². The van der Waals surface area contributed by atoms with Gasteiger partial charge in [-0.05, 0) is 12.0 Å². The van der Waals surface area contributed by atoms with Crippen LogP contribution in [-0.2, 0) is 6.54 Å². The third kappa shape index (κ3) is 3.89. The van der Waals surface area contributed by atoms with Gasteiger partial charge in [0.1, 0.15) is 0 Å². The van der Waals surface area contributed by atoms with Crippen molar-refractivity contribution >= 4 is 6.08 Å². The Morgan fingerprint density at radius 1 is 1.29 bits per heavy atom. The fourth-order valence-electron chi connectivity index (χ4n) is 1.58. The minimum absolute atomic E-state index is 0.419. The summed E-state index contributed by atoms with van der Waals surface area (Å²) in [4.78, 5) is 3.96. The van der Waals surface area contributed by atoms with Crippen molar-refractivity contribution in [3.63, 3.8) is 0 Å². The molecule has 0 aliphatic carbocycles. The lowest BCUT2D eigenvalue weighted by Crippen LogP contribution is -2.07. The second kappa shape index (κ2) is 6.01. The molecule has 0 aliphatic rings. The van der Waals surface area contributed by atoms with Crippen LogP contribution in [0.2, 0.25) is 0 Å². The molecule has 1 N–H and O–H groups in total. The van der Waals surface area contributed by atoms with E-state index in [1.807, 2.05) is 53.2 Å². The molecule has 0 saturated heterocycles. The third-order valence-corrected chi connectivity index (χ3v) is 2.55. The van der Waals surface area contributed by atoms with Gasteiger partial charge in [0.15, 0.2) is 0 Å². The first-order chi connectivity index (χ1) is 8.34. The quantitative estimate of drug-likeness (QED) is 0.853. The average Bonchev–Trinajstić information content (AvgIpc) is 2.88. The van der Waals surface area contributed by atoms with E-state index in [2.05, 4.69) is 4.98 Å². The van der Waals surface area contributed by atoms with Gasteiger partial charge in [0.25, 0.3) is 0 Å². The Bertz CT molecular complexity index is 448. The van der Waals surface area contributed by atoms with Crippen LogP contribution in [0.5, 0.6) is 0 Å². The fraction of sp³-hybridized carbons (Fsp3) is 0.214. The number of hydrogen-bond donors (Lipinski definition) is 1. The lowest BCUT2D eigenvalue weighted by atomic mass is 10.1. The number of nitrogens with zero attached hydrogens (tertiary/aromatic N) is 2. The van der Waals surface area contributed by atoms with Crippen LogP contribution in [0.1, 0.15) is 12.0 Å². The van der Waals surface area contributed by atoms with E-state index in [1.54, 1.807) is 12.5 Å². The second-order valence-corrected chi connectivity index (χ2v) is 3.93. The van der Waals surface area contributed by atoms with E-state index >= 15 is 0 Å². The Labute approximate surface area is 101 Å². The normalized spacial score (nSPS) is 13.0. The number of aryl methyl sites for hydroxylation is 1. The molecule has 2 rings (SSSR count). The van der Waals surface area contributed by atoms with Crippen molar-refractivity contribution in [2.75, 3.05) is 0 Å². The van der Waals surface area contributed by atoms with E-state index in [9.17, 15) is 5.11 Å². The lowest BCUT2D eigenvalue weighted by molar-refractivity contribution is 0.206. The molecule has 17 heavy (non-hydrogen) atoms. The SMILES string of the molecule is OC(/C=C/c1ccccc1)CCn1ccnc1. The summed E-state index contributed by atoms with van der Waals surface area (Å²) in [5.74, 6) is 0. The van der Waals surface area contributed by atoms with Gasteiger partial charge in [-0.2, -0.15) is 0 Å². The molecule has 1 aromatic heterocycles. The van der Waals surface area contributed by atoms with Crippen molar-refractivity contribution < 1.29 is 5.11 Å². The Balaban J connectivity index is 1.81. The maximum absolute atomic E-state index is 9.79. The minimum Gasteiger partial charge on any atom is -0.389 e. The Morgan fingerprint density at radius 3 is 2.82 bits per heavy atom. The predicted molar refractivity (Wildman–Crippen MR) is 68.3 cm³/mol. The van der Waals surface area contributed by atoms with Crippen molar-refractivity contribution in [1.29, 1.82) is 0 Å². The molecular formula is C14H16N2O. The Kier molecular flexibility index (Phi) is 4.11. The van der Waals surface area contributed by atoms with Crippen LogP contribution >= 0.6 is 0 Å². The average molecular weight is 228 g/mol. The van der Waals surface area contributed by atoms with Crippen molar-refractivity contribution in [2.24, 2.45) is 0 Å². The van der Waals surface area contributed by atoms with Crippen molar-refractivity contribution in [1.82, 2.24) is 9.55 Å². The number of hydrogen-bond acceptors (Lipinski definition) is 2. The van der Waals surface area contributed by atoms with Gasteiger partial charge in [-0.1, -0.05) is 42.5 Å². The highest BCUT2D eigenvalue weighted by Gasteiger charge is 1.99. The summed E-state index contributed by atoms with van der Waals surface area (Å²) in [6.45, 7) is 0.778. The number of rotatable bonds is 5. The van der Waals surface area contributed by atoms with Crippen LogP contribution in [0.3, 0.4) is 0 Å². The van der Waals surface area contributed by atoms with Gasteiger partial charge in [0, 0.05) is 18.9 Å². The zero-order valence-corrected chi connectivity index (χ0v) is 9.61. The molecule has 0 fully saturated rings. The Morgan fingerprint density at radius 2 is 2.12 bits per heavy atom. The number of aliphatic hydroxyl groups is 1. The monoisotopic (exact) mass is 228 g/mol.